The first-order chi connectivity index (χ1) is 14.5. The second-order valence-corrected chi connectivity index (χ2v) is 7.50. The molecule has 1 N–H and O–H groups in total. The number of anilines is 2. The van der Waals surface area contributed by atoms with E-state index in [4.69, 9.17) is 9.47 Å². The van der Waals surface area contributed by atoms with Crippen LogP contribution in [0.1, 0.15) is 19.3 Å². The third kappa shape index (κ3) is 5.89. The van der Waals surface area contributed by atoms with Gasteiger partial charge in [-0.25, -0.2) is 0 Å². The maximum Gasteiger partial charge on any atom is 0.260 e. The molecule has 1 aliphatic rings. The number of carbonyl (C=O) groups excluding carboxylic acids is 2. The Hall–Kier alpha value is -3.22. The molecule has 0 radical (unpaired) electrons. The summed E-state index contributed by atoms with van der Waals surface area (Å²) in [7, 11) is 5.50. The van der Waals surface area contributed by atoms with E-state index < -0.39 is 0 Å². The van der Waals surface area contributed by atoms with Crippen LogP contribution in [0.2, 0.25) is 0 Å². The van der Waals surface area contributed by atoms with E-state index in [0.29, 0.717) is 18.0 Å². The van der Waals surface area contributed by atoms with Gasteiger partial charge in [0.25, 0.3) is 5.91 Å². The van der Waals surface area contributed by atoms with Gasteiger partial charge in [0.2, 0.25) is 5.91 Å². The predicted molar refractivity (Wildman–Crippen MR) is 117 cm³/mol. The van der Waals surface area contributed by atoms with Gasteiger partial charge in [-0.2, -0.15) is 0 Å². The quantitative estimate of drug-likeness (QED) is 0.650. The number of nitrogens with zero attached hydrogens (tertiary/aromatic N) is 2. The molecule has 0 saturated heterocycles. The van der Waals surface area contributed by atoms with E-state index in [1.165, 1.54) is 0 Å². The number of benzene rings is 2. The van der Waals surface area contributed by atoms with Crippen molar-refractivity contribution in [1.29, 1.82) is 0 Å². The van der Waals surface area contributed by atoms with Crippen molar-refractivity contribution >= 4 is 23.2 Å². The molecule has 2 amide bonds. The van der Waals surface area contributed by atoms with E-state index in [1.54, 1.807) is 24.1 Å². The molecule has 0 unspecified atom stereocenters. The van der Waals surface area contributed by atoms with Crippen molar-refractivity contribution in [1.82, 2.24) is 4.90 Å². The van der Waals surface area contributed by atoms with Gasteiger partial charge < -0.3 is 24.6 Å². The molecule has 1 aliphatic carbocycles. The summed E-state index contributed by atoms with van der Waals surface area (Å²) in [6.45, 7) is 0.297. The van der Waals surface area contributed by atoms with Gasteiger partial charge in [0.05, 0.1) is 7.11 Å². The van der Waals surface area contributed by atoms with Crippen molar-refractivity contribution in [2.24, 2.45) is 0 Å². The molecule has 0 heterocycles. The smallest absolute Gasteiger partial charge is 0.260 e. The number of methoxy groups -OCH3 is 1. The minimum absolute atomic E-state index is 0.0789. The number of amides is 2. The number of rotatable bonds is 10. The molecular weight excluding hydrogens is 382 g/mol. The van der Waals surface area contributed by atoms with Crippen molar-refractivity contribution < 1.29 is 19.1 Å². The fourth-order valence-electron chi connectivity index (χ4n) is 3.15. The van der Waals surface area contributed by atoms with Crippen molar-refractivity contribution in [3.63, 3.8) is 0 Å². The lowest BCUT2D eigenvalue weighted by Crippen LogP contribution is -2.38. The predicted octanol–water partition coefficient (Wildman–Crippen LogP) is 3.16. The van der Waals surface area contributed by atoms with Crippen molar-refractivity contribution in [2.45, 2.75) is 25.3 Å². The topological polar surface area (TPSA) is 71.1 Å². The molecular formula is C23H29N3O4. The van der Waals surface area contributed by atoms with Crippen molar-refractivity contribution in [3.8, 4) is 11.5 Å². The fraction of sp³-hybridized carbons (Fsp3) is 0.391. The molecule has 30 heavy (non-hydrogen) atoms. The van der Waals surface area contributed by atoms with E-state index in [0.717, 1.165) is 24.2 Å². The van der Waals surface area contributed by atoms with Crippen LogP contribution in [0.3, 0.4) is 0 Å². The number of hydrogen-bond donors (Lipinski definition) is 1. The second-order valence-electron chi connectivity index (χ2n) is 7.50. The Morgan fingerprint density at radius 3 is 2.30 bits per heavy atom. The summed E-state index contributed by atoms with van der Waals surface area (Å²) < 4.78 is 10.9. The molecule has 0 bridgehead atoms. The van der Waals surface area contributed by atoms with Gasteiger partial charge in [-0.3, -0.25) is 9.59 Å². The fourth-order valence-corrected chi connectivity index (χ4v) is 3.15. The first kappa shape index (κ1) is 21.5. The number of hydrogen-bond acceptors (Lipinski definition) is 5. The third-order valence-corrected chi connectivity index (χ3v) is 4.98. The van der Waals surface area contributed by atoms with Crippen LogP contribution in [0, 0.1) is 0 Å². The lowest BCUT2D eigenvalue weighted by Gasteiger charge is -2.22. The van der Waals surface area contributed by atoms with Crippen LogP contribution >= 0.6 is 0 Å². The van der Waals surface area contributed by atoms with Gasteiger partial charge in [0.1, 0.15) is 0 Å². The summed E-state index contributed by atoms with van der Waals surface area (Å²) in [6.07, 6.45) is 2.17. The summed E-state index contributed by atoms with van der Waals surface area (Å²) in [4.78, 5) is 28.8. The third-order valence-electron chi connectivity index (χ3n) is 4.98. The highest BCUT2D eigenvalue weighted by Gasteiger charge is 2.32. The Labute approximate surface area is 177 Å². The van der Waals surface area contributed by atoms with Crippen LogP contribution in [-0.2, 0) is 9.59 Å². The summed E-state index contributed by atoms with van der Waals surface area (Å²) >= 11 is 0. The molecule has 0 spiro atoms. The van der Waals surface area contributed by atoms with Crippen LogP contribution in [0.4, 0.5) is 11.4 Å². The van der Waals surface area contributed by atoms with Gasteiger partial charge in [-0.15, -0.1) is 0 Å². The zero-order chi connectivity index (χ0) is 21.5. The molecule has 0 aliphatic heterocycles. The number of para-hydroxylation sites is 2. The van der Waals surface area contributed by atoms with E-state index >= 15 is 0 Å². The highest BCUT2D eigenvalue weighted by molar-refractivity contribution is 5.91. The Morgan fingerprint density at radius 1 is 1.03 bits per heavy atom. The van der Waals surface area contributed by atoms with Gasteiger partial charge in [0, 0.05) is 44.5 Å². The van der Waals surface area contributed by atoms with Crippen LogP contribution in [0.5, 0.6) is 11.5 Å². The van der Waals surface area contributed by atoms with Gasteiger partial charge in [-0.05, 0) is 49.2 Å². The molecule has 2 aromatic rings. The summed E-state index contributed by atoms with van der Waals surface area (Å²) in [5.74, 6) is 0.884. The Kier molecular flexibility index (Phi) is 7.17. The maximum absolute atomic E-state index is 12.7. The lowest BCUT2D eigenvalue weighted by molar-refractivity contribution is -0.134. The maximum atomic E-state index is 12.7. The van der Waals surface area contributed by atoms with Crippen molar-refractivity contribution in [2.75, 3.05) is 44.6 Å². The SMILES string of the molecule is COc1ccccc1OCC(=O)N(CCC(=O)Nc1ccc(N(C)C)cc1)C1CC1. The summed E-state index contributed by atoms with van der Waals surface area (Å²) in [5.41, 5.74) is 1.81. The van der Waals surface area contributed by atoms with Crippen LogP contribution in [0.25, 0.3) is 0 Å². The van der Waals surface area contributed by atoms with Crippen LogP contribution in [0.15, 0.2) is 48.5 Å². The first-order valence-corrected chi connectivity index (χ1v) is 10.1. The highest BCUT2D eigenvalue weighted by atomic mass is 16.5. The Morgan fingerprint density at radius 2 is 1.70 bits per heavy atom. The number of ether oxygens (including phenoxy) is 2. The van der Waals surface area contributed by atoms with Crippen molar-refractivity contribution in [3.05, 3.63) is 48.5 Å². The molecule has 3 rings (SSSR count). The van der Waals surface area contributed by atoms with E-state index in [1.807, 2.05) is 55.4 Å². The van der Waals surface area contributed by atoms with Gasteiger partial charge in [0.15, 0.2) is 18.1 Å². The molecule has 0 atom stereocenters. The largest absolute Gasteiger partial charge is 0.493 e. The molecule has 0 aromatic heterocycles. The molecule has 1 saturated carbocycles. The number of nitrogens with one attached hydrogen (secondary N) is 1. The van der Waals surface area contributed by atoms with E-state index in [9.17, 15) is 9.59 Å². The standard InChI is InChI=1S/C23H29N3O4/c1-25(2)18-10-8-17(9-11-18)24-22(27)14-15-26(19-12-13-19)23(28)16-30-21-7-5-4-6-20(21)29-3/h4-11,19H,12-16H2,1-3H3,(H,24,27). The van der Waals surface area contributed by atoms with Crippen LogP contribution < -0.4 is 19.7 Å². The monoisotopic (exact) mass is 411 g/mol. The average molecular weight is 412 g/mol. The molecule has 1 fully saturated rings. The summed E-state index contributed by atoms with van der Waals surface area (Å²) in [5, 5.41) is 2.89. The molecule has 160 valence electrons. The normalized spacial score (nSPS) is 12.8. The molecule has 7 nitrogen and oxygen atoms in total. The van der Waals surface area contributed by atoms with Gasteiger partial charge >= 0.3 is 0 Å². The Balaban J connectivity index is 1.50. The minimum Gasteiger partial charge on any atom is -0.493 e. The average Bonchev–Trinajstić information content (AvgIpc) is 3.58. The van der Waals surface area contributed by atoms with E-state index in [2.05, 4.69) is 5.32 Å². The molecule has 7 heteroatoms. The zero-order valence-electron chi connectivity index (χ0n) is 17.8. The second kappa shape index (κ2) is 10.0. The molecule has 2 aromatic carbocycles. The highest BCUT2D eigenvalue weighted by Crippen LogP contribution is 2.29. The Bertz CT molecular complexity index is 863. The van der Waals surface area contributed by atoms with Gasteiger partial charge in [-0.1, -0.05) is 12.1 Å². The zero-order valence-corrected chi connectivity index (χ0v) is 17.8. The van der Waals surface area contributed by atoms with Crippen LogP contribution in [-0.4, -0.2) is 57.1 Å². The number of carbonyl (C=O) groups is 2. The van der Waals surface area contributed by atoms with E-state index in [-0.39, 0.29) is 30.9 Å². The lowest BCUT2D eigenvalue weighted by atomic mass is 10.2. The first-order valence-electron chi connectivity index (χ1n) is 10.1. The summed E-state index contributed by atoms with van der Waals surface area (Å²) in [6, 6.07) is 15.1. The minimum atomic E-state index is -0.119.